The summed E-state index contributed by atoms with van der Waals surface area (Å²) in [7, 11) is 4.02. The molecule has 1 aromatic rings. The zero-order valence-corrected chi connectivity index (χ0v) is 8.49. The standard InChI is InChI=1S/C9H15N3O2/c1-12(2)4-3-5-14-8-6-9(13)11-10-7-8/h6-7H,3-5H2,1-2H3,(H,11,13). The number of H-pyrrole nitrogens is 1. The van der Waals surface area contributed by atoms with Crippen molar-refractivity contribution in [1.29, 1.82) is 0 Å². The third-order valence-corrected chi connectivity index (χ3v) is 1.66. The molecular weight excluding hydrogens is 182 g/mol. The average Bonchev–Trinajstić information content (AvgIpc) is 2.12. The summed E-state index contributed by atoms with van der Waals surface area (Å²) in [6.45, 7) is 1.57. The first-order valence-electron chi connectivity index (χ1n) is 4.51. The van der Waals surface area contributed by atoms with Crippen LogP contribution in [0.5, 0.6) is 5.75 Å². The maximum atomic E-state index is 10.8. The SMILES string of the molecule is CN(C)CCCOc1cn[nH]c(=O)c1. The third kappa shape index (κ3) is 4.04. The number of aromatic amines is 1. The van der Waals surface area contributed by atoms with E-state index in [0.717, 1.165) is 13.0 Å². The lowest BCUT2D eigenvalue weighted by atomic mass is 10.4. The van der Waals surface area contributed by atoms with Crippen molar-refractivity contribution in [3.05, 3.63) is 22.6 Å². The van der Waals surface area contributed by atoms with Gasteiger partial charge in [-0.05, 0) is 20.5 Å². The molecule has 0 aliphatic rings. The van der Waals surface area contributed by atoms with Gasteiger partial charge in [-0.3, -0.25) is 4.79 Å². The number of nitrogens with one attached hydrogen (secondary N) is 1. The molecule has 78 valence electrons. The summed E-state index contributed by atoms with van der Waals surface area (Å²) in [5.74, 6) is 0.521. The van der Waals surface area contributed by atoms with Gasteiger partial charge in [-0.25, -0.2) is 5.10 Å². The quantitative estimate of drug-likeness (QED) is 0.680. The Kier molecular flexibility index (Phi) is 4.12. The molecule has 0 spiro atoms. The summed E-state index contributed by atoms with van der Waals surface area (Å²) in [5.41, 5.74) is -0.241. The topological polar surface area (TPSA) is 58.2 Å². The van der Waals surface area contributed by atoms with Crippen molar-refractivity contribution < 1.29 is 4.74 Å². The van der Waals surface area contributed by atoms with Crippen LogP contribution in [0.1, 0.15) is 6.42 Å². The van der Waals surface area contributed by atoms with Crippen molar-refractivity contribution in [2.24, 2.45) is 0 Å². The Balaban J connectivity index is 2.28. The molecule has 14 heavy (non-hydrogen) atoms. The molecule has 0 fully saturated rings. The molecule has 0 saturated carbocycles. The highest BCUT2D eigenvalue weighted by Gasteiger charge is 1.95. The highest BCUT2D eigenvalue weighted by molar-refractivity contribution is 5.12. The van der Waals surface area contributed by atoms with Gasteiger partial charge in [0.05, 0.1) is 12.8 Å². The van der Waals surface area contributed by atoms with Gasteiger partial charge in [-0.15, -0.1) is 0 Å². The molecule has 0 atom stereocenters. The van der Waals surface area contributed by atoms with Gasteiger partial charge in [0.2, 0.25) is 0 Å². The highest BCUT2D eigenvalue weighted by Crippen LogP contribution is 2.02. The minimum Gasteiger partial charge on any atom is -0.492 e. The molecule has 1 rings (SSSR count). The van der Waals surface area contributed by atoms with Gasteiger partial charge < -0.3 is 9.64 Å². The summed E-state index contributed by atoms with van der Waals surface area (Å²) in [5, 5.41) is 5.91. The predicted octanol–water partition coefficient (Wildman–Crippen LogP) is 0.100. The first kappa shape index (κ1) is 10.7. The maximum absolute atomic E-state index is 10.8. The number of rotatable bonds is 5. The molecule has 0 aliphatic heterocycles. The molecule has 0 aromatic carbocycles. The first-order chi connectivity index (χ1) is 6.68. The Labute approximate surface area is 82.7 Å². The molecule has 1 N–H and O–H groups in total. The van der Waals surface area contributed by atoms with Crippen LogP contribution in [0.15, 0.2) is 17.1 Å². The van der Waals surface area contributed by atoms with E-state index < -0.39 is 0 Å². The van der Waals surface area contributed by atoms with Crippen LogP contribution in [0, 0.1) is 0 Å². The van der Waals surface area contributed by atoms with Crippen molar-refractivity contribution in [2.75, 3.05) is 27.2 Å². The summed E-state index contributed by atoms with van der Waals surface area (Å²) >= 11 is 0. The molecule has 1 heterocycles. The molecule has 5 nitrogen and oxygen atoms in total. The minimum atomic E-state index is -0.241. The highest BCUT2D eigenvalue weighted by atomic mass is 16.5. The summed E-state index contributed by atoms with van der Waals surface area (Å²) in [6, 6.07) is 1.39. The zero-order valence-electron chi connectivity index (χ0n) is 8.49. The summed E-state index contributed by atoms with van der Waals surface area (Å²) < 4.78 is 5.33. The number of ether oxygens (including phenoxy) is 1. The van der Waals surface area contributed by atoms with Crippen LogP contribution in [0.4, 0.5) is 0 Å². The van der Waals surface area contributed by atoms with E-state index in [1.165, 1.54) is 12.3 Å². The lowest BCUT2D eigenvalue weighted by Crippen LogP contribution is -2.16. The summed E-state index contributed by atoms with van der Waals surface area (Å²) in [4.78, 5) is 12.9. The Morgan fingerprint density at radius 1 is 1.57 bits per heavy atom. The van der Waals surface area contributed by atoms with Crippen LogP contribution < -0.4 is 10.3 Å². The fraction of sp³-hybridized carbons (Fsp3) is 0.556. The van der Waals surface area contributed by atoms with Gasteiger partial charge in [0.15, 0.2) is 0 Å². The number of hydrogen-bond acceptors (Lipinski definition) is 4. The zero-order chi connectivity index (χ0) is 10.4. The molecule has 0 amide bonds. The van der Waals surface area contributed by atoms with E-state index in [-0.39, 0.29) is 5.56 Å². The smallest absolute Gasteiger partial charge is 0.267 e. The molecule has 0 bridgehead atoms. The largest absolute Gasteiger partial charge is 0.492 e. The second kappa shape index (κ2) is 5.39. The Bertz CT molecular complexity index is 322. The molecule has 0 radical (unpaired) electrons. The van der Waals surface area contributed by atoms with Gasteiger partial charge in [-0.2, -0.15) is 5.10 Å². The average molecular weight is 197 g/mol. The van der Waals surface area contributed by atoms with Gasteiger partial charge in [0, 0.05) is 12.6 Å². The fourth-order valence-corrected chi connectivity index (χ4v) is 1.01. The summed E-state index contributed by atoms with van der Waals surface area (Å²) in [6.07, 6.45) is 2.43. The minimum absolute atomic E-state index is 0.241. The van der Waals surface area contributed by atoms with E-state index in [2.05, 4.69) is 15.1 Å². The van der Waals surface area contributed by atoms with E-state index in [1.807, 2.05) is 14.1 Å². The van der Waals surface area contributed by atoms with E-state index in [0.29, 0.717) is 12.4 Å². The van der Waals surface area contributed by atoms with Crippen molar-refractivity contribution >= 4 is 0 Å². The lowest BCUT2D eigenvalue weighted by molar-refractivity contribution is 0.280. The second-order valence-electron chi connectivity index (χ2n) is 3.29. The molecule has 5 heteroatoms. The van der Waals surface area contributed by atoms with Gasteiger partial charge in [0.1, 0.15) is 5.75 Å². The van der Waals surface area contributed by atoms with Crippen molar-refractivity contribution in [3.63, 3.8) is 0 Å². The van der Waals surface area contributed by atoms with Crippen LogP contribution in [0.3, 0.4) is 0 Å². The van der Waals surface area contributed by atoms with Gasteiger partial charge >= 0.3 is 0 Å². The van der Waals surface area contributed by atoms with E-state index >= 15 is 0 Å². The third-order valence-electron chi connectivity index (χ3n) is 1.66. The van der Waals surface area contributed by atoms with E-state index in [9.17, 15) is 4.79 Å². The normalized spacial score (nSPS) is 10.5. The number of nitrogens with zero attached hydrogens (tertiary/aromatic N) is 2. The van der Waals surface area contributed by atoms with Gasteiger partial charge in [-0.1, -0.05) is 0 Å². The predicted molar refractivity (Wildman–Crippen MR) is 53.5 cm³/mol. The van der Waals surface area contributed by atoms with E-state index in [1.54, 1.807) is 0 Å². The fourth-order valence-electron chi connectivity index (χ4n) is 1.01. The second-order valence-corrected chi connectivity index (χ2v) is 3.29. The number of hydrogen-bond donors (Lipinski definition) is 1. The lowest BCUT2D eigenvalue weighted by Gasteiger charge is -2.09. The number of aromatic nitrogens is 2. The monoisotopic (exact) mass is 197 g/mol. The molecule has 0 saturated heterocycles. The van der Waals surface area contributed by atoms with Crippen molar-refractivity contribution in [3.8, 4) is 5.75 Å². The van der Waals surface area contributed by atoms with Crippen LogP contribution >= 0.6 is 0 Å². The molecular formula is C9H15N3O2. The first-order valence-corrected chi connectivity index (χ1v) is 4.51. The maximum Gasteiger partial charge on any atom is 0.267 e. The van der Waals surface area contributed by atoms with Crippen molar-refractivity contribution in [2.45, 2.75) is 6.42 Å². The Morgan fingerprint density at radius 3 is 3.00 bits per heavy atom. The van der Waals surface area contributed by atoms with Crippen LogP contribution in [-0.2, 0) is 0 Å². The molecule has 1 aromatic heterocycles. The Hall–Kier alpha value is -1.36. The van der Waals surface area contributed by atoms with Gasteiger partial charge in [0.25, 0.3) is 5.56 Å². The Morgan fingerprint density at radius 2 is 2.36 bits per heavy atom. The van der Waals surface area contributed by atoms with Crippen LogP contribution in [0.25, 0.3) is 0 Å². The van der Waals surface area contributed by atoms with E-state index in [4.69, 9.17) is 4.74 Å². The van der Waals surface area contributed by atoms with Crippen molar-refractivity contribution in [1.82, 2.24) is 15.1 Å². The molecule has 0 unspecified atom stereocenters. The van der Waals surface area contributed by atoms with Crippen LogP contribution in [-0.4, -0.2) is 42.3 Å². The molecule has 0 aliphatic carbocycles. The van der Waals surface area contributed by atoms with Crippen LogP contribution in [0.2, 0.25) is 0 Å².